The molecule has 0 atom stereocenters. The number of hydrogen-bond acceptors (Lipinski definition) is 6. The average Bonchev–Trinajstić information content (AvgIpc) is 3.04. The van der Waals surface area contributed by atoms with Crippen LogP contribution in [0.25, 0.3) is 15.5 Å². The molecule has 7 heteroatoms. The number of benzene rings is 2. The minimum atomic E-state index is -0.290. The molecule has 0 fully saturated rings. The van der Waals surface area contributed by atoms with Gasteiger partial charge in [0, 0.05) is 6.42 Å². The molecule has 0 amide bonds. The Kier molecular flexibility index (Phi) is 3.55. The summed E-state index contributed by atoms with van der Waals surface area (Å²) in [7, 11) is 0. The van der Waals surface area contributed by atoms with E-state index in [2.05, 4.69) is 15.3 Å². The van der Waals surface area contributed by atoms with Gasteiger partial charge >= 0.3 is 0 Å². The van der Waals surface area contributed by atoms with E-state index in [1.165, 1.54) is 15.9 Å². The fourth-order valence-electron chi connectivity index (χ4n) is 2.41. The smallest absolute Gasteiger partial charge is 0.297 e. The van der Waals surface area contributed by atoms with Crippen LogP contribution < -0.4 is 5.56 Å². The number of rotatable bonds is 3. The van der Waals surface area contributed by atoms with E-state index < -0.39 is 0 Å². The molecule has 0 radical (unpaired) electrons. The fourth-order valence-corrected chi connectivity index (χ4v) is 3.28. The van der Waals surface area contributed by atoms with Gasteiger partial charge < -0.3 is 5.11 Å². The third kappa shape index (κ3) is 2.55. The Bertz CT molecular complexity index is 1070. The van der Waals surface area contributed by atoms with Gasteiger partial charge in [0.15, 0.2) is 5.01 Å². The Morgan fingerprint density at radius 2 is 1.75 bits per heavy atom. The fraction of sp³-hybridized carbons (Fsp3) is 0.0588. The molecule has 1 N–H and O–H groups in total. The van der Waals surface area contributed by atoms with E-state index in [4.69, 9.17) is 0 Å². The summed E-state index contributed by atoms with van der Waals surface area (Å²) in [6.45, 7) is 0. The molecular weight excluding hydrogens is 324 g/mol. The van der Waals surface area contributed by atoms with Crippen molar-refractivity contribution in [2.75, 3.05) is 0 Å². The Hall–Kier alpha value is -3.06. The Morgan fingerprint density at radius 3 is 2.54 bits per heavy atom. The quantitative estimate of drug-likeness (QED) is 0.622. The Balaban J connectivity index is 1.80. The number of hydrogen-bond donors (Lipinski definition) is 1. The van der Waals surface area contributed by atoms with E-state index in [0.29, 0.717) is 27.6 Å². The van der Waals surface area contributed by atoms with Crippen molar-refractivity contribution < 1.29 is 5.11 Å². The second kappa shape index (κ2) is 5.86. The van der Waals surface area contributed by atoms with Crippen molar-refractivity contribution in [3.05, 3.63) is 76.2 Å². The number of aromatic hydroxyl groups is 1. The lowest BCUT2D eigenvalue weighted by Gasteiger charge is -1.99. The molecule has 0 bridgehead atoms. The molecule has 0 saturated carbocycles. The van der Waals surface area contributed by atoms with Gasteiger partial charge in [0.2, 0.25) is 4.96 Å². The van der Waals surface area contributed by atoms with Gasteiger partial charge in [-0.1, -0.05) is 53.8 Å². The van der Waals surface area contributed by atoms with Crippen LogP contribution in [0, 0.1) is 0 Å². The van der Waals surface area contributed by atoms with Crippen molar-refractivity contribution in [1.29, 1.82) is 0 Å². The standard InChI is InChI=1S/C17H12N4O2S/c22-14-9-5-4-8-12(14)15-20-21-16(23)13(18-19-17(21)24-15)10-11-6-2-1-3-7-11/h1-9,22H,10H2. The average molecular weight is 336 g/mol. The van der Waals surface area contributed by atoms with Crippen LogP contribution in [0.1, 0.15) is 11.3 Å². The summed E-state index contributed by atoms with van der Waals surface area (Å²) in [6.07, 6.45) is 0.402. The number of fused-ring (bicyclic) bond motifs is 1. The van der Waals surface area contributed by atoms with Crippen LogP contribution >= 0.6 is 11.3 Å². The maximum Gasteiger partial charge on any atom is 0.297 e. The second-order valence-electron chi connectivity index (χ2n) is 5.23. The van der Waals surface area contributed by atoms with Crippen LogP contribution in [0.5, 0.6) is 5.75 Å². The molecule has 0 saturated heterocycles. The molecule has 2 aromatic carbocycles. The zero-order valence-corrected chi connectivity index (χ0v) is 13.3. The van der Waals surface area contributed by atoms with Crippen LogP contribution in [0.3, 0.4) is 0 Å². The van der Waals surface area contributed by atoms with Crippen LogP contribution in [-0.4, -0.2) is 24.9 Å². The summed E-state index contributed by atoms with van der Waals surface area (Å²) in [4.78, 5) is 13.0. The van der Waals surface area contributed by atoms with Crippen LogP contribution in [-0.2, 0) is 6.42 Å². The zero-order chi connectivity index (χ0) is 16.5. The minimum Gasteiger partial charge on any atom is -0.507 e. The SMILES string of the molecule is O=c1c(Cc2ccccc2)nnc2sc(-c3ccccc3O)nn12. The highest BCUT2D eigenvalue weighted by Gasteiger charge is 2.15. The molecule has 0 aliphatic heterocycles. The van der Waals surface area contributed by atoms with Crippen molar-refractivity contribution in [3.63, 3.8) is 0 Å². The highest BCUT2D eigenvalue weighted by Crippen LogP contribution is 2.31. The van der Waals surface area contributed by atoms with Crippen molar-refractivity contribution in [2.45, 2.75) is 6.42 Å². The van der Waals surface area contributed by atoms with Crippen molar-refractivity contribution in [3.8, 4) is 16.3 Å². The summed E-state index contributed by atoms with van der Waals surface area (Å²) in [5.41, 5.74) is 1.60. The van der Waals surface area contributed by atoms with Crippen molar-refractivity contribution in [1.82, 2.24) is 19.8 Å². The molecule has 0 aliphatic carbocycles. The second-order valence-corrected chi connectivity index (χ2v) is 6.19. The predicted molar refractivity (Wildman–Crippen MR) is 91.3 cm³/mol. The van der Waals surface area contributed by atoms with Gasteiger partial charge in [-0.25, -0.2) is 0 Å². The van der Waals surface area contributed by atoms with Gasteiger partial charge in [-0.2, -0.15) is 9.61 Å². The number of aromatic nitrogens is 4. The lowest BCUT2D eigenvalue weighted by molar-refractivity contribution is 0.477. The summed E-state index contributed by atoms with van der Waals surface area (Å²) in [5.74, 6) is 0.113. The number of phenolic OH excluding ortho intramolecular Hbond substituents is 1. The van der Waals surface area contributed by atoms with Gasteiger partial charge in [-0.3, -0.25) is 4.79 Å². The predicted octanol–water partition coefficient (Wildman–Crippen LogP) is 2.51. The first-order chi connectivity index (χ1) is 11.7. The highest BCUT2D eigenvalue weighted by molar-refractivity contribution is 7.19. The Labute approximate surface area is 140 Å². The molecule has 0 unspecified atom stereocenters. The summed E-state index contributed by atoms with van der Waals surface area (Å²) >= 11 is 1.21. The summed E-state index contributed by atoms with van der Waals surface area (Å²) < 4.78 is 1.25. The normalized spacial score (nSPS) is 11.0. The molecule has 2 aromatic heterocycles. The van der Waals surface area contributed by atoms with E-state index in [-0.39, 0.29) is 11.3 Å². The first-order valence-corrected chi connectivity index (χ1v) is 8.12. The molecule has 24 heavy (non-hydrogen) atoms. The number of nitrogens with zero attached hydrogens (tertiary/aromatic N) is 4. The van der Waals surface area contributed by atoms with Crippen LogP contribution in [0.15, 0.2) is 59.4 Å². The lowest BCUT2D eigenvalue weighted by Crippen LogP contribution is -2.22. The summed E-state index contributed by atoms with van der Waals surface area (Å²) in [6, 6.07) is 16.5. The molecule has 0 aliphatic rings. The topological polar surface area (TPSA) is 80.4 Å². The van der Waals surface area contributed by atoms with Crippen LogP contribution in [0.4, 0.5) is 0 Å². The van der Waals surface area contributed by atoms with E-state index in [1.807, 2.05) is 30.3 Å². The molecule has 6 nitrogen and oxygen atoms in total. The maximum absolute atomic E-state index is 12.6. The maximum atomic E-state index is 12.6. The van der Waals surface area contributed by atoms with E-state index >= 15 is 0 Å². The summed E-state index contributed by atoms with van der Waals surface area (Å²) in [5, 5.41) is 22.9. The van der Waals surface area contributed by atoms with E-state index in [1.54, 1.807) is 24.3 Å². The Morgan fingerprint density at radius 1 is 1.00 bits per heavy atom. The third-order valence-corrected chi connectivity index (χ3v) is 4.54. The highest BCUT2D eigenvalue weighted by atomic mass is 32.1. The largest absolute Gasteiger partial charge is 0.507 e. The van der Waals surface area contributed by atoms with Gasteiger partial charge in [-0.05, 0) is 17.7 Å². The molecule has 0 spiro atoms. The molecule has 2 heterocycles. The minimum absolute atomic E-state index is 0.113. The molecule has 4 aromatic rings. The van der Waals surface area contributed by atoms with Crippen molar-refractivity contribution in [2.24, 2.45) is 0 Å². The zero-order valence-electron chi connectivity index (χ0n) is 12.5. The monoisotopic (exact) mass is 336 g/mol. The first kappa shape index (κ1) is 14.5. The van der Waals surface area contributed by atoms with Crippen LogP contribution in [0.2, 0.25) is 0 Å². The van der Waals surface area contributed by atoms with E-state index in [9.17, 15) is 9.90 Å². The number of phenols is 1. The molecular formula is C17H12N4O2S. The first-order valence-electron chi connectivity index (χ1n) is 7.30. The van der Waals surface area contributed by atoms with Gasteiger partial charge in [0.25, 0.3) is 5.56 Å². The van der Waals surface area contributed by atoms with Gasteiger partial charge in [0.05, 0.1) is 5.56 Å². The van der Waals surface area contributed by atoms with Crippen molar-refractivity contribution >= 4 is 16.3 Å². The van der Waals surface area contributed by atoms with E-state index in [0.717, 1.165) is 5.56 Å². The third-order valence-electron chi connectivity index (χ3n) is 3.60. The lowest BCUT2D eigenvalue weighted by atomic mass is 10.1. The van der Waals surface area contributed by atoms with Gasteiger partial charge in [0.1, 0.15) is 11.4 Å². The molecule has 118 valence electrons. The molecule has 4 rings (SSSR count). The van der Waals surface area contributed by atoms with Gasteiger partial charge in [-0.15, -0.1) is 10.2 Å². The number of para-hydroxylation sites is 1.